The molecule has 0 aliphatic heterocycles. The largest absolute Gasteiger partial charge is 0.314 e. The Morgan fingerprint density at radius 3 is 3.07 bits per heavy atom. The zero-order chi connectivity index (χ0) is 10.2. The molecular weight excluding hydrogens is 210 g/mol. The summed E-state index contributed by atoms with van der Waals surface area (Å²) >= 11 is 3.70. The van der Waals surface area contributed by atoms with Crippen LogP contribution < -0.4 is 5.32 Å². The molecule has 0 fully saturated rings. The normalized spacial score (nSPS) is 13.0. The second-order valence-corrected chi connectivity index (χ2v) is 5.28. The summed E-state index contributed by atoms with van der Waals surface area (Å²) in [5.74, 6) is 1.26. The van der Waals surface area contributed by atoms with E-state index in [1.807, 2.05) is 11.8 Å². The average molecular weight is 229 g/mol. The lowest BCUT2D eigenvalue weighted by molar-refractivity contribution is 0.541. The van der Waals surface area contributed by atoms with Crippen molar-refractivity contribution in [3.8, 4) is 0 Å². The van der Waals surface area contributed by atoms with Gasteiger partial charge >= 0.3 is 0 Å². The van der Waals surface area contributed by atoms with E-state index in [-0.39, 0.29) is 0 Å². The molecule has 0 aromatic carbocycles. The van der Waals surface area contributed by atoms with Gasteiger partial charge in [-0.05, 0) is 60.7 Å². The molecule has 0 amide bonds. The van der Waals surface area contributed by atoms with Crippen molar-refractivity contribution in [3.05, 3.63) is 22.4 Å². The van der Waals surface area contributed by atoms with Gasteiger partial charge in [0, 0.05) is 6.04 Å². The van der Waals surface area contributed by atoms with Crippen molar-refractivity contribution >= 4 is 23.1 Å². The van der Waals surface area contributed by atoms with Crippen molar-refractivity contribution in [2.45, 2.75) is 25.8 Å². The first-order chi connectivity index (χ1) is 6.83. The summed E-state index contributed by atoms with van der Waals surface area (Å²) in [7, 11) is 0. The molecule has 1 N–H and O–H groups in total. The summed E-state index contributed by atoms with van der Waals surface area (Å²) in [6.45, 7) is 3.37. The second kappa shape index (κ2) is 7.32. The van der Waals surface area contributed by atoms with Crippen molar-refractivity contribution in [1.82, 2.24) is 5.32 Å². The average Bonchev–Trinajstić information content (AvgIpc) is 2.67. The van der Waals surface area contributed by atoms with Crippen LogP contribution in [0, 0.1) is 0 Å². The minimum atomic E-state index is 0.654. The lowest BCUT2D eigenvalue weighted by Crippen LogP contribution is -2.28. The molecule has 0 aliphatic rings. The first-order valence-corrected chi connectivity index (χ1v) is 7.40. The van der Waals surface area contributed by atoms with Crippen molar-refractivity contribution in [2.24, 2.45) is 0 Å². The van der Waals surface area contributed by atoms with E-state index in [1.54, 1.807) is 11.3 Å². The molecule has 1 aromatic heterocycles. The fraction of sp³-hybridized carbons (Fsp3) is 0.636. The van der Waals surface area contributed by atoms with E-state index in [1.165, 1.54) is 17.7 Å². The Bertz CT molecular complexity index is 221. The first kappa shape index (κ1) is 12.1. The molecule has 0 radical (unpaired) electrons. The molecule has 1 rings (SSSR count). The highest BCUT2D eigenvalue weighted by molar-refractivity contribution is 7.98. The number of hydrogen-bond donors (Lipinski definition) is 1. The predicted octanol–water partition coefficient (Wildman–Crippen LogP) is 3.02. The van der Waals surface area contributed by atoms with Crippen LogP contribution in [-0.2, 0) is 6.42 Å². The fourth-order valence-electron chi connectivity index (χ4n) is 1.29. The van der Waals surface area contributed by atoms with Crippen LogP contribution in [0.15, 0.2) is 16.8 Å². The molecule has 3 heteroatoms. The lowest BCUT2D eigenvalue weighted by Gasteiger charge is -2.12. The molecule has 1 heterocycles. The topological polar surface area (TPSA) is 12.0 Å². The summed E-state index contributed by atoms with van der Waals surface area (Å²) in [4.78, 5) is 0. The highest BCUT2D eigenvalue weighted by atomic mass is 32.2. The molecule has 80 valence electrons. The molecule has 0 spiro atoms. The van der Waals surface area contributed by atoms with Gasteiger partial charge in [-0.1, -0.05) is 0 Å². The van der Waals surface area contributed by atoms with Gasteiger partial charge < -0.3 is 5.32 Å². The third kappa shape index (κ3) is 5.03. The summed E-state index contributed by atoms with van der Waals surface area (Å²) in [6.07, 6.45) is 4.59. The van der Waals surface area contributed by atoms with Crippen molar-refractivity contribution in [2.75, 3.05) is 18.6 Å². The summed E-state index contributed by atoms with van der Waals surface area (Å²) in [6, 6.07) is 2.86. The van der Waals surface area contributed by atoms with Crippen LogP contribution in [0.1, 0.15) is 18.9 Å². The zero-order valence-corrected chi connectivity index (χ0v) is 10.6. The number of thiophene rings is 1. The Balaban J connectivity index is 2.03. The Labute approximate surface area is 95.3 Å². The van der Waals surface area contributed by atoms with Gasteiger partial charge in [0.25, 0.3) is 0 Å². The summed E-state index contributed by atoms with van der Waals surface area (Å²) in [5.41, 5.74) is 1.46. The van der Waals surface area contributed by atoms with Crippen molar-refractivity contribution < 1.29 is 0 Å². The Morgan fingerprint density at radius 1 is 1.57 bits per heavy atom. The molecule has 1 atom stereocenters. The molecular formula is C11H19NS2. The van der Waals surface area contributed by atoms with Gasteiger partial charge in [0.1, 0.15) is 0 Å². The van der Waals surface area contributed by atoms with Gasteiger partial charge in [0.2, 0.25) is 0 Å². The minimum absolute atomic E-state index is 0.654. The van der Waals surface area contributed by atoms with Gasteiger partial charge in [-0.3, -0.25) is 0 Å². The van der Waals surface area contributed by atoms with Crippen LogP contribution >= 0.6 is 23.1 Å². The lowest BCUT2D eigenvalue weighted by atomic mass is 10.2. The monoisotopic (exact) mass is 229 g/mol. The molecule has 1 unspecified atom stereocenters. The van der Waals surface area contributed by atoms with Crippen LogP contribution in [0.3, 0.4) is 0 Å². The molecule has 1 aromatic rings. The quantitative estimate of drug-likeness (QED) is 0.771. The molecule has 0 saturated heterocycles. The molecule has 1 nitrogen and oxygen atoms in total. The standard InChI is InChI=1S/C11H19NS2/c1-10(4-7-13-2)12-6-3-11-5-8-14-9-11/h5,8-10,12H,3-4,6-7H2,1-2H3. The Kier molecular flexibility index (Phi) is 6.32. The highest BCUT2D eigenvalue weighted by Gasteiger charge is 2.00. The van der Waals surface area contributed by atoms with Crippen LogP contribution in [0.4, 0.5) is 0 Å². The smallest absolute Gasteiger partial charge is 0.00467 e. The van der Waals surface area contributed by atoms with Gasteiger partial charge in [-0.25, -0.2) is 0 Å². The van der Waals surface area contributed by atoms with Gasteiger partial charge in [-0.2, -0.15) is 23.1 Å². The van der Waals surface area contributed by atoms with Crippen molar-refractivity contribution in [3.63, 3.8) is 0 Å². The number of thioether (sulfide) groups is 1. The zero-order valence-electron chi connectivity index (χ0n) is 8.95. The maximum absolute atomic E-state index is 3.55. The van der Waals surface area contributed by atoms with Crippen LogP contribution in [0.5, 0.6) is 0 Å². The van der Waals surface area contributed by atoms with Crippen molar-refractivity contribution in [1.29, 1.82) is 0 Å². The van der Waals surface area contributed by atoms with E-state index < -0.39 is 0 Å². The SMILES string of the molecule is CSCCC(C)NCCc1ccsc1. The maximum atomic E-state index is 3.55. The Morgan fingerprint density at radius 2 is 2.43 bits per heavy atom. The molecule has 0 aliphatic carbocycles. The van der Waals surface area contributed by atoms with Crippen LogP contribution in [0.25, 0.3) is 0 Å². The maximum Gasteiger partial charge on any atom is 0.00467 e. The van der Waals surface area contributed by atoms with E-state index in [4.69, 9.17) is 0 Å². The Hall–Kier alpha value is 0.01000. The van der Waals surface area contributed by atoms with E-state index in [0.717, 1.165) is 13.0 Å². The van der Waals surface area contributed by atoms with Gasteiger partial charge in [0.15, 0.2) is 0 Å². The van der Waals surface area contributed by atoms with Crippen LogP contribution in [0.2, 0.25) is 0 Å². The van der Waals surface area contributed by atoms with Gasteiger partial charge in [0.05, 0.1) is 0 Å². The minimum Gasteiger partial charge on any atom is -0.314 e. The van der Waals surface area contributed by atoms with Crippen LogP contribution in [-0.4, -0.2) is 24.6 Å². The fourth-order valence-corrected chi connectivity index (χ4v) is 2.59. The highest BCUT2D eigenvalue weighted by Crippen LogP contribution is 2.06. The number of nitrogens with one attached hydrogen (secondary N) is 1. The number of hydrogen-bond acceptors (Lipinski definition) is 3. The summed E-state index contributed by atoms with van der Waals surface area (Å²) in [5, 5.41) is 7.92. The number of rotatable bonds is 7. The third-order valence-corrected chi connectivity index (χ3v) is 3.62. The van der Waals surface area contributed by atoms with E-state index >= 15 is 0 Å². The van der Waals surface area contributed by atoms with E-state index in [9.17, 15) is 0 Å². The van der Waals surface area contributed by atoms with E-state index in [0.29, 0.717) is 6.04 Å². The van der Waals surface area contributed by atoms with Gasteiger partial charge in [-0.15, -0.1) is 0 Å². The first-order valence-electron chi connectivity index (χ1n) is 5.06. The molecule has 0 bridgehead atoms. The summed E-state index contributed by atoms with van der Waals surface area (Å²) < 4.78 is 0. The molecule has 0 saturated carbocycles. The second-order valence-electron chi connectivity index (χ2n) is 3.52. The third-order valence-electron chi connectivity index (χ3n) is 2.24. The molecule has 14 heavy (non-hydrogen) atoms. The van der Waals surface area contributed by atoms with E-state index in [2.05, 4.69) is 35.3 Å². The predicted molar refractivity (Wildman–Crippen MR) is 68.5 cm³/mol.